The number of aryl methyl sites for hydroxylation is 1. The van der Waals surface area contributed by atoms with Crippen LogP contribution in [0.1, 0.15) is 63.8 Å². The first-order valence-electron chi connectivity index (χ1n) is 10.7. The third-order valence-corrected chi connectivity index (χ3v) is 6.54. The fourth-order valence-electron chi connectivity index (χ4n) is 4.92. The van der Waals surface area contributed by atoms with Crippen LogP contribution in [0.3, 0.4) is 0 Å². The molecule has 4 heteroatoms. The summed E-state index contributed by atoms with van der Waals surface area (Å²) in [5.74, 6) is -0.472. The van der Waals surface area contributed by atoms with Crippen LogP contribution in [0.2, 0.25) is 0 Å². The minimum absolute atomic E-state index is 0.101. The predicted molar refractivity (Wildman–Crippen MR) is 113 cm³/mol. The summed E-state index contributed by atoms with van der Waals surface area (Å²) >= 11 is 0. The van der Waals surface area contributed by atoms with E-state index in [1.54, 1.807) is 0 Å². The SMILES string of the molecule is CC.Cc1ccc(-n2ncc3c2C=C2CCC4(OCCC(C)O4)C2(C)C3)cc1. The van der Waals surface area contributed by atoms with Crippen LogP contribution < -0.4 is 0 Å². The molecular weight excluding hydrogens is 348 g/mol. The highest BCUT2D eigenvalue weighted by atomic mass is 16.7. The summed E-state index contributed by atoms with van der Waals surface area (Å²) in [5, 5.41) is 4.70. The van der Waals surface area contributed by atoms with Gasteiger partial charge >= 0.3 is 0 Å². The van der Waals surface area contributed by atoms with Crippen LogP contribution in [-0.4, -0.2) is 28.3 Å². The van der Waals surface area contributed by atoms with Crippen molar-refractivity contribution in [3.8, 4) is 5.69 Å². The van der Waals surface area contributed by atoms with E-state index in [0.717, 1.165) is 38.0 Å². The van der Waals surface area contributed by atoms with E-state index in [1.165, 1.54) is 22.4 Å². The maximum atomic E-state index is 6.44. The molecule has 2 aliphatic carbocycles. The molecule has 2 heterocycles. The van der Waals surface area contributed by atoms with Crippen LogP contribution in [0, 0.1) is 12.3 Å². The van der Waals surface area contributed by atoms with Crippen LogP contribution >= 0.6 is 0 Å². The maximum absolute atomic E-state index is 6.44. The second-order valence-corrected chi connectivity index (χ2v) is 8.30. The molecule has 3 atom stereocenters. The van der Waals surface area contributed by atoms with Crippen LogP contribution in [0.25, 0.3) is 11.8 Å². The topological polar surface area (TPSA) is 36.3 Å². The van der Waals surface area contributed by atoms with Gasteiger partial charge in [0, 0.05) is 11.8 Å². The van der Waals surface area contributed by atoms with Crippen LogP contribution in [0.4, 0.5) is 0 Å². The Morgan fingerprint density at radius 3 is 2.64 bits per heavy atom. The zero-order valence-corrected chi connectivity index (χ0v) is 17.8. The van der Waals surface area contributed by atoms with Gasteiger partial charge in [-0.05, 0) is 56.9 Å². The van der Waals surface area contributed by atoms with E-state index in [0.29, 0.717) is 0 Å². The highest BCUT2D eigenvalue weighted by molar-refractivity contribution is 5.62. The highest BCUT2D eigenvalue weighted by Crippen LogP contribution is 2.58. The van der Waals surface area contributed by atoms with E-state index in [4.69, 9.17) is 14.6 Å². The molecule has 2 fully saturated rings. The lowest BCUT2D eigenvalue weighted by Crippen LogP contribution is -2.53. The molecule has 0 radical (unpaired) electrons. The van der Waals surface area contributed by atoms with Crippen LogP contribution in [0.5, 0.6) is 0 Å². The molecule has 1 aromatic heterocycles. The Labute approximate surface area is 168 Å². The Morgan fingerprint density at radius 1 is 1.18 bits per heavy atom. The van der Waals surface area contributed by atoms with Crippen molar-refractivity contribution in [2.75, 3.05) is 6.61 Å². The number of hydrogen-bond acceptors (Lipinski definition) is 3. The molecule has 1 saturated heterocycles. The van der Waals surface area contributed by atoms with Crippen molar-refractivity contribution in [3.05, 3.63) is 52.9 Å². The van der Waals surface area contributed by atoms with Gasteiger partial charge in [0.25, 0.3) is 0 Å². The lowest BCUT2D eigenvalue weighted by Gasteiger charge is -2.48. The van der Waals surface area contributed by atoms with Crippen molar-refractivity contribution in [1.29, 1.82) is 0 Å². The fraction of sp³-hybridized carbons (Fsp3) is 0.542. The number of ether oxygens (including phenoxy) is 2. The van der Waals surface area contributed by atoms with E-state index in [-0.39, 0.29) is 11.5 Å². The maximum Gasteiger partial charge on any atom is 0.178 e. The number of aromatic nitrogens is 2. The van der Waals surface area contributed by atoms with Crippen molar-refractivity contribution in [3.63, 3.8) is 0 Å². The van der Waals surface area contributed by atoms with Crippen molar-refractivity contribution in [2.24, 2.45) is 5.41 Å². The Balaban J connectivity index is 0.000000932. The lowest BCUT2D eigenvalue weighted by atomic mass is 9.71. The Hall–Kier alpha value is -1.91. The lowest BCUT2D eigenvalue weighted by molar-refractivity contribution is -0.324. The van der Waals surface area contributed by atoms with E-state index >= 15 is 0 Å². The average molecular weight is 381 g/mol. The molecule has 1 aliphatic heterocycles. The zero-order valence-electron chi connectivity index (χ0n) is 17.8. The molecule has 3 aliphatic rings. The summed E-state index contributed by atoms with van der Waals surface area (Å²) in [6.45, 7) is 11.4. The number of rotatable bonds is 1. The van der Waals surface area contributed by atoms with Gasteiger partial charge in [-0.25, -0.2) is 4.68 Å². The van der Waals surface area contributed by atoms with Gasteiger partial charge in [-0.1, -0.05) is 44.0 Å². The minimum atomic E-state index is -0.472. The van der Waals surface area contributed by atoms with Gasteiger partial charge in [0.15, 0.2) is 5.79 Å². The Morgan fingerprint density at radius 2 is 1.93 bits per heavy atom. The molecule has 5 rings (SSSR count). The number of benzene rings is 1. The predicted octanol–water partition coefficient (Wildman–Crippen LogP) is 5.47. The molecule has 2 aromatic rings. The molecule has 1 aromatic carbocycles. The second kappa shape index (κ2) is 7.16. The molecular formula is C24H32N2O2. The summed E-state index contributed by atoms with van der Waals surface area (Å²) in [6, 6.07) is 8.55. The van der Waals surface area contributed by atoms with E-state index in [9.17, 15) is 0 Å². The van der Waals surface area contributed by atoms with Gasteiger partial charge in [0.1, 0.15) is 0 Å². The number of hydrogen-bond donors (Lipinski definition) is 0. The van der Waals surface area contributed by atoms with E-state index < -0.39 is 5.79 Å². The summed E-state index contributed by atoms with van der Waals surface area (Å²) in [4.78, 5) is 0. The molecule has 0 N–H and O–H groups in total. The van der Waals surface area contributed by atoms with E-state index in [1.807, 2.05) is 20.0 Å². The molecule has 4 nitrogen and oxygen atoms in total. The molecule has 28 heavy (non-hydrogen) atoms. The molecule has 0 amide bonds. The number of fused-ring (bicyclic) bond motifs is 3. The van der Waals surface area contributed by atoms with E-state index in [2.05, 4.69) is 55.8 Å². The minimum Gasteiger partial charge on any atom is -0.349 e. The van der Waals surface area contributed by atoms with Crippen molar-refractivity contribution >= 4 is 6.08 Å². The Kier molecular flexibility index (Phi) is 4.96. The average Bonchev–Trinajstić information content (AvgIpc) is 3.21. The van der Waals surface area contributed by atoms with Crippen molar-refractivity contribution in [2.45, 2.75) is 72.2 Å². The summed E-state index contributed by atoms with van der Waals surface area (Å²) in [7, 11) is 0. The van der Waals surface area contributed by atoms with Crippen molar-refractivity contribution < 1.29 is 9.47 Å². The monoisotopic (exact) mass is 380 g/mol. The van der Waals surface area contributed by atoms with Crippen LogP contribution in [-0.2, 0) is 15.9 Å². The molecule has 150 valence electrons. The van der Waals surface area contributed by atoms with Gasteiger partial charge in [-0.2, -0.15) is 5.10 Å². The summed E-state index contributed by atoms with van der Waals surface area (Å²) in [5.41, 5.74) is 6.21. The standard InChI is InChI=1S/C22H26N2O2.C2H6/c1-15-4-6-19(7-5-15)24-20-12-18-8-10-22(25-11-9-16(2)26-22)21(18,3)13-17(20)14-23-24;1-2/h4-7,12,14,16H,8-11,13H2,1-3H3;1-2H3. The zero-order chi connectivity index (χ0) is 19.9. The first-order chi connectivity index (χ1) is 13.5. The first kappa shape index (κ1) is 19.4. The normalized spacial score (nSPS) is 30.9. The third kappa shape index (κ3) is 2.85. The van der Waals surface area contributed by atoms with Gasteiger partial charge in [0.2, 0.25) is 0 Å². The fourth-order valence-corrected chi connectivity index (χ4v) is 4.92. The van der Waals surface area contributed by atoms with Gasteiger partial charge in [-0.15, -0.1) is 0 Å². The number of nitrogens with zero attached hydrogens (tertiary/aromatic N) is 2. The van der Waals surface area contributed by atoms with Crippen LogP contribution in [0.15, 0.2) is 36.0 Å². The smallest absolute Gasteiger partial charge is 0.178 e. The first-order valence-corrected chi connectivity index (χ1v) is 10.7. The summed E-state index contributed by atoms with van der Waals surface area (Å²) in [6.07, 6.45) is 8.50. The van der Waals surface area contributed by atoms with Gasteiger partial charge in [-0.3, -0.25) is 0 Å². The quantitative estimate of drug-likeness (QED) is 0.658. The molecule has 1 spiro atoms. The third-order valence-electron chi connectivity index (χ3n) is 6.54. The molecule has 3 unspecified atom stereocenters. The summed E-state index contributed by atoms with van der Waals surface area (Å²) < 4.78 is 14.8. The second-order valence-electron chi connectivity index (χ2n) is 8.30. The Bertz CT molecular complexity index is 883. The molecule has 1 saturated carbocycles. The molecule has 0 bridgehead atoms. The van der Waals surface area contributed by atoms with Gasteiger partial charge in [0.05, 0.1) is 30.3 Å². The largest absolute Gasteiger partial charge is 0.349 e. The highest BCUT2D eigenvalue weighted by Gasteiger charge is 2.59. The van der Waals surface area contributed by atoms with Gasteiger partial charge < -0.3 is 9.47 Å². The van der Waals surface area contributed by atoms with Crippen molar-refractivity contribution in [1.82, 2.24) is 9.78 Å².